The van der Waals surface area contributed by atoms with Crippen molar-refractivity contribution < 1.29 is 22.9 Å². The van der Waals surface area contributed by atoms with E-state index < -0.39 is 19.5 Å². The van der Waals surface area contributed by atoms with Crippen molar-refractivity contribution in [3.8, 4) is 0 Å². The van der Waals surface area contributed by atoms with Crippen LogP contribution in [0.15, 0.2) is 64.6 Å². The molecule has 0 atom stereocenters. The van der Waals surface area contributed by atoms with Crippen LogP contribution in [-0.2, 0) is 29.5 Å². The fraction of sp³-hybridized carbons (Fsp3) is 0.125. The molecule has 0 saturated heterocycles. The number of hydrogen-bond acceptors (Lipinski definition) is 1. The minimum atomic E-state index is -0.398. The smallest absolute Gasteiger partial charge is 0.147 e. The third-order valence-electron chi connectivity index (χ3n) is 3.08. The first-order valence-corrected chi connectivity index (χ1v) is 7.55. The molecule has 0 saturated carbocycles. The van der Waals surface area contributed by atoms with Crippen molar-refractivity contribution in [2.24, 2.45) is 0 Å². The largest absolute Gasteiger partial charge is 0.147 e. The molecule has 0 unspecified atom stereocenters. The van der Waals surface area contributed by atoms with Gasteiger partial charge in [-0.1, -0.05) is 0 Å². The summed E-state index contributed by atoms with van der Waals surface area (Å²) < 4.78 is 7.41. The minimum Gasteiger partial charge on any atom is -0.147 e. The Morgan fingerprint density at radius 1 is 1.00 bits per heavy atom. The quantitative estimate of drug-likeness (QED) is 0.707. The van der Waals surface area contributed by atoms with Gasteiger partial charge in [0.15, 0.2) is 0 Å². The molecule has 0 heterocycles. The topological polar surface area (TPSA) is 9.23 Å². The van der Waals surface area contributed by atoms with Gasteiger partial charge in [0, 0.05) is 0 Å². The minimum absolute atomic E-state index is 0. The van der Waals surface area contributed by atoms with E-state index in [-0.39, 0.29) is 24.8 Å². The van der Waals surface area contributed by atoms with Crippen LogP contribution in [0.4, 0.5) is 0 Å². The molecule has 0 fully saturated rings. The number of benzene rings is 2. The average Bonchev–Trinajstić information content (AvgIpc) is 2.92. The average molecular weight is 343 g/mol. The Bertz CT molecular complexity index is 617. The van der Waals surface area contributed by atoms with Gasteiger partial charge < -0.3 is 0 Å². The van der Waals surface area contributed by atoms with Crippen molar-refractivity contribution >= 4 is 35.6 Å². The molecular weight excluding hydrogens is 327 g/mol. The van der Waals surface area contributed by atoms with Crippen molar-refractivity contribution in [2.45, 2.75) is 13.0 Å². The van der Waals surface area contributed by atoms with Gasteiger partial charge in [-0.2, -0.15) is 0 Å². The summed E-state index contributed by atoms with van der Waals surface area (Å²) in [5.74, 6) is 0. The third-order valence-corrected chi connectivity index (χ3v) is 4.52. The SMILES string of the molecule is C1=CC[C]([Ti][O]Cc2cccc3ccccc23)=C1.Cl.Cl. The van der Waals surface area contributed by atoms with Crippen LogP contribution in [0, 0.1) is 0 Å². The van der Waals surface area contributed by atoms with E-state index in [1.165, 1.54) is 20.2 Å². The Labute approximate surface area is 141 Å². The summed E-state index contributed by atoms with van der Waals surface area (Å²) in [5, 5.41) is 2.60. The van der Waals surface area contributed by atoms with Gasteiger partial charge in [0.1, 0.15) is 0 Å². The first-order valence-electron chi connectivity index (χ1n) is 6.13. The Hall–Kier alpha value is -0.566. The molecule has 0 aromatic heterocycles. The van der Waals surface area contributed by atoms with E-state index in [0.717, 1.165) is 13.0 Å². The molecule has 104 valence electrons. The fourth-order valence-electron chi connectivity index (χ4n) is 2.15. The van der Waals surface area contributed by atoms with Crippen molar-refractivity contribution in [3.05, 3.63) is 70.1 Å². The maximum Gasteiger partial charge on any atom is -0.147 e. The molecule has 0 amide bonds. The van der Waals surface area contributed by atoms with Crippen molar-refractivity contribution in [2.75, 3.05) is 0 Å². The normalized spacial score (nSPS) is 12.5. The van der Waals surface area contributed by atoms with Crippen LogP contribution in [0.5, 0.6) is 0 Å². The first kappa shape index (κ1) is 17.5. The van der Waals surface area contributed by atoms with Crippen LogP contribution >= 0.6 is 24.8 Å². The summed E-state index contributed by atoms with van der Waals surface area (Å²) in [6.45, 7) is 0.735. The zero-order chi connectivity index (χ0) is 12.2. The molecule has 2 aromatic carbocycles. The number of allylic oxidation sites excluding steroid dienone is 4. The van der Waals surface area contributed by atoms with Gasteiger partial charge in [0.2, 0.25) is 0 Å². The van der Waals surface area contributed by atoms with Gasteiger partial charge >= 0.3 is 117 Å². The molecule has 1 aliphatic rings. The van der Waals surface area contributed by atoms with Gasteiger partial charge in [-0.05, 0) is 0 Å². The number of fused-ring (bicyclic) bond motifs is 1. The third kappa shape index (κ3) is 4.21. The number of rotatable bonds is 4. The van der Waals surface area contributed by atoms with Gasteiger partial charge in [0.25, 0.3) is 0 Å². The van der Waals surface area contributed by atoms with E-state index in [0.29, 0.717) is 0 Å². The Kier molecular flexibility index (Phi) is 7.57. The standard InChI is InChI=1S/C11H9O.C5H5.2ClH.Ti/c12-8-10-6-3-5-9-4-1-2-7-11(9)10;1-2-4-5-3-1;;;/h1-7H,8H2;1-3H,4H2;2*1H;/q-1;;;;+1. The van der Waals surface area contributed by atoms with E-state index in [2.05, 4.69) is 60.7 Å². The summed E-state index contributed by atoms with van der Waals surface area (Å²) in [5.41, 5.74) is 1.29. The monoisotopic (exact) mass is 342 g/mol. The molecule has 0 spiro atoms. The van der Waals surface area contributed by atoms with Crippen LogP contribution in [0.1, 0.15) is 12.0 Å². The van der Waals surface area contributed by atoms with E-state index in [1.807, 2.05) is 0 Å². The zero-order valence-electron chi connectivity index (χ0n) is 10.9. The van der Waals surface area contributed by atoms with Crippen LogP contribution in [-0.4, -0.2) is 0 Å². The molecule has 0 aliphatic heterocycles. The summed E-state index contributed by atoms with van der Waals surface area (Å²) in [7, 11) is 0. The van der Waals surface area contributed by atoms with Crippen LogP contribution in [0.25, 0.3) is 10.8 Å². The molecule has 2 aromatic rings. The van der Waals surface area contributed by atoms with Gasteiger partial charge in [-0.3, -0.25) is 0 Å². The molecule has 0 N–H and O–H groups in total. The Morgan fingerprint density at radius 3 is 2.60 bits per heavy atom. The van der Waals surface area contributed by atoms with Crippen molar-refractivity contribution in [1.82, 2.24) is 0 Å². The molecule has 0 radical (unpaired) electrons. The second-order valence-electron chi connectivity index (χ2n) is 4.35. The van der Waals surface area contributed by atoms with Crippen molar-refractivity contribution in [3.63, 3.8) is 0 Å². The van der Waals surface area contributed by atoms with Gasteiger partial charge in [0.05, 0.1) is 0 Å². The summed E-state index contributed by atoms with van der Waals surface area (Å²) in [6.07, 6.45) is 7.61. The van der Waals surface area contributed by atoms with Crippen LogP contribution in [0.3, 0.4) is 0 Å². The Morgan fingerprint density at radius 2 is 1.80 bits per heavy atom. The molecule has 20 heavy (non-hydrogen) atoms. The maximum atomic E-state index is 5.93. The number of halogens is 2. The molecule has 4 heteroatoms. The summed E-state index contributed by atoms with van der Waals surface area (Å²) in [4.78, 5) is 0. The van der Waals surface area contributed by atoms with Crippen molar-refractivity contribution in [1.29, 1.82) is 0 Å². The summed E-state index contributed by atoms with van der Waals surface area (Å²) >= 11 is -0.398. The van der Waals surface area contributed by atoms with Crippen LogP contribution < -0.4 is 0 Å². The van der Waals surface area contributed by atoms with Gasteiger partial charge in [-0.15, -0.1) is 24.8 Å². The predicted octanol–water partition coefficient (Wildman–Crippen LogP) is 5.04. The van der Waals surface area contributed by atoms with Crippen LogP contribution in [0.2, 0.25) is 0 Å². The zero-order valence-corrected chi connectivity index (χ0v) is 14.1. The predicted molar refractivity (Wildman–Crippen MR) is 85.1 cm³/mol. The van der Waals surface area contributed by atoms with E-state index in [1.54, 1.807) is 0 Å². The first-order chi connectivity index (χ1) is 8.93. The molecular formula is C16H16Cl2OTi. The van der Waals surface area contributed by atoms with Gasteiger partial charge in [-0.25, -0.2) is 0 Å². The number of hydrogen-bond donors (Lipinski definition) is 0. The maximum absolute atomic E-state index is 5.93. The fourth-order valence-corrected chi connectivity index (χ4v) is 3.36. The molecule has 3 rings (SSSR count). The molecule has 1 nitrogen and oxygen atoms in total. The van der Waals surface area contributed by atoms with E-state index >= 15 is 0 Å². The van der Waals surface area contributed by atoms with E-state index in [9.17, 15) is 0 Å². The molecule has 1 aliphatic carbocycles. The second kappa shape index (κ2) is 8.66. The Balaban J connectivity index is 0.000001000. The summed E-state index contributed by atoms with van der Waals surface area (Å²) in [6, 6.07) is 14.9. The van der Waals surface area contributed by atoms with E-state index in [4.69, 9.17) is 3.32 Å². The second-order valence-corrected chi connectivity index (χ2v) is 6.13. The molecule has 0 bridgehead atoms.